The molecule has 3 N–H and O–H groups in total. The third kappa shape index (κ3) is 4.36. The van der Waals surface area contributed by atoms with Crippen LogP contribution in [0.4, 0.5) is 0 Å². The molecule has 0 radical (unpaired) electrons. The first-order chi connectivity index (χ1) is 10.5. The van der Waals surface area contributed by atoms with Gasteiger partial charge in [0.05, 0.1) is 12.6 Å². The zero-order chi connectivity index (χ0) is 16.1. The smallest absolute Gasteiger partial charge is 0.189 e. The maximum Gasteiger partial charge on any atom is 0.189 e. The van der Waals surface area contributed by atoms with Crippen LogP contribution in [-0.2, 0) is 6.54 Å². The molecule has 22 heavy (non-hydrogen) atoms. The van der Waals surface area contributed by atoms with Crippen molar-refractivity contribution >= 4 is 29.2 Å². The van der Waals surface area contributed by atoms with Crippen LogP contribution in [0, 0.1) is 6.92 Å². The van der Waals surface area contributed by atoms with Crippen LogP contribution < -0.4 is 11.1 Å². The van der Waals surface area contributed by atoms with Crippen molar-refractivity contribution in [2.75, 3.05) is 0 Å². The number of aromatic nitrogens is 1. The quantitative estimate of drug-likeness (QED) is 0.658. The highest BCUT2D eigenvalue weighted by atomic mass is 35.5. The van der Waals surface area contributed by atoms with E-state index in [1.54, 1.807) is 24.5 Å². The van der Waals surface area contributed by atoms with Gasteiger partial charge in [0.1, 0.15) is 0 Å². The van der Waals surface area contributed by atoms with E-state index in [2.05, 4.69) is 15.3 Å². The summed E-state index contributed by atoms with van der Waals surface area (Å²) in [6, 6.07) is 7.27. The first kappa shape index (κ1) is 16.6. The Bertz CT molecular complexity index is 686. The van der Waals surface area contributed by atoms with Crippen molar-refractivity contribution in [2.45, 2.75) is 26.4 Å². The largest absolute Gasteiger partial charge is 0.370 e. The molecule has 1 aromatic carbocycles. The first-order valence-corrected chi connectivity index (χ1v) is 7.64. The Labute approximate surface area is 140 Å². The Hall–Kier alpha value is -1.78. The zero-order valence-electron chi connectivity index (χ0n) is 12.5. The molecule has 6 heteroatoms. The van der Waals surface area contributed by atoms with Gasteiger partial charge in [0.25, 0.3) is 0 Å². The van der Waals surface area contributed by atoms with Gasteiger partial charge in [0.2, 0.25) is 0 Å². The van der Waals surface area contributed by atoms with Crippen LogP contribution in [0.25, 0.3) is 0 Å². The van der Waals surface area contributed by atoms with Gasteiger partial charge < -0.3 is 11.1 Å². The second-order valence-electron chi connectivity index (χ2n) is 5.04. The molecule has 1 unspecified atom stereocenters. The molecule has 0 spiro atoms. The lowest BCUT2D eigenvalue weighted by Crippen LogP contribution is -2.34. The van der Waals surface area contributed by atoms with Gasteiger partial charge in [-0.3, -0.25) is 4.98 Å². The molecule has 2 aromatic rings. The van der Waals surface area contributed by atoms with E-state index in [0.29, 0.717) is 22.5 Å². The van der Waals surface area contributed by atoms with E-state index in [1.165, 1.54) is 0 Å². The van der Waals surface area contributed by atoms with Crippen molar-refractivity contribution in [3.8, 4) is 0 Å². The number of guanidine groups is 1. The average molecular weight is 337 g/mol. The number of nitrogens with two attached hydrogens (primary N) is 1. The van der Waals surface area contributed by atoms with E-state index in [0.717, 1.165) is 16.7 Å². The van der Waals surface area contributed by atoms with Gasteiger partial charge >= 0.3 is 0 Å². The number of nitrogens with zero attached hydrogens (tertiary/aromatic N) is 2. The summed E-state index contributed by atoms with van der Waals surface area (Å²) in [6.07, 6.45) is 3.56. The minimum absolute atomic E-state index is 0.0662. The third-order valence-corrected chi connectivity index (χ3v) is 3.92. The molecule has 0 amide bonds. The van der Waals surface area contributed by atoms with Crippen molar-refractivity contribution in [1.82, 2.24) is 10.3 Å². The molecule has 1 aromatic heterocycles. The summed E-state index contributed by atoms with van der Waals surface area (Å²) in [6.45, 7) is 4.47. The van der Waals surface area contributed by atoms with Crippen LogP contribution in [0.5, 0.6) is 0 Å². The van der Waals surface area contributed by atoms with Gasteiger partial charge in [-0.15, -0.1) is 0 Å². The van der Waals surface area contributed by atoms with E-state index in [4.69, 9.17) is 28.9 Å². The van der Waals surface area contributed by atoms with E-state index in [-0.39, 0.29) is 6.04 Å². The zero-order valence-corrected chi connectivity index (χ0v) is 14.0. The first-order valence-electron chi connectivity index (χ1n) is 6.88. The fourth-order valence-electron chi connectivity index (χ4n) is 2.03. The van der Waals surface area contributed by atoms with Crippen LogP contribution in [0.2, 0.25) is 10.0 Å². The van der Waals surface area contributed by atoms with Crippen LogP contribution in [0.1, 0.15) is 29.7 Å². The molecule has 0 bridgehead atoms. The van der Waals surface area contributed by atoms with Crippen molar-refractivity contribution in [2.24, 2.45) is 10.7 Å². The molecule has 2 rings (SSSR count). The summed E-state index contributed by atoms with van der Waals surface area (Å²) in [7, 11) is 0. The fraction of sp³-hybridized carbons (Fsp3) is 0.250. The molecule has 0 aliphatic rings. The summed E-state index contributed by atoms with van der Waals surface area (Å²) >= 11 is 12.1. The van der Waals surface area contributed by atoms with E-state index in [1.807, 2.05) is 26.0 Å². The molecule has 116 valence electrons. The van der Waals surface area contributed by atoms with Gasteiger partial charge in [-0.05, 0) is 48.7 Å². The summed E-state index contributed by atoms with van der Waals surface area (Å²) in [4.78, 5) is 8.43. The highest BCUT2D eigenvalue weighted by Crippen LogP contribution is 2.25. The second-order valence-corrected chi connectivity index (χ2v) is 5.88. The summed E-state index contributed by atoms with van der Waals surface area (Å²) in [5.41, 5.74) is 9.04. The van der Waals surface area contributed by atoms with Crippen LogP contribution in [0.3, 0.4) is 0 Å². The number of nitrogens with one attached hydrogen (secondary N) is 1. The molecule has 0 aliphatic carbocycles. The molecule has 0 saturated heterocycles. The maximum absolute atomic E-state index is 6.19. The standard InChI is InChI=1S/C16H18Cl2N4/c1-10-5-6-20-8-12(10)9-21-16(19)22-11(2)14-4-3-13(17)7-15(14)18/h3-8,11H,9H2,1-2H3,(H3,19,21,22). The molecule has 0 saturated carbocycles. The topological polar surface area (TPSA) is 63.3 Å². The average Bonchev–Trinajstić information content (AvgIpc) is 2.46. The van der Waals surface area contributed by atoms with Crippen LogP contribution in [0.15, 0.2) is 41.7 Å². The fourth-order valence-corrected chi connectivity index (χ4v) is 2.60. The van der Waals surface area contributed by atoms with Gasteiger partial charge in [0.15, 0.2) is 5.96 Å². The Morgan fingerprint density at radius 1 is 1.36 bits per heavy atom. The van der Waals surface area contributed by atoms with Gasteiger partial charge in [0, 0.05) is 22.4 Å². The molecule has 1 heterocycles. The lowest BCUT2D eigenvalue weighted by atomic mass is 10.1. The number of aliphatic imine (C=N–C) groups is 1. The third-order valence-electron chi connectivity index (χ3n) is 3.36. The van der Waals surface area contributed by atoms with E-state index >= 15 is 0 Å². The Balaban J connectivity index is 2.03. The van der Waals surface area contributed by atoms with Gasteiger partial charge in [-0.1, -0.05) is 29.3 Å². The summed E-state index contributed by atoms with van der Waals surface area (Å²) < 4.78 is 0. The number of aryl methyl sites for hydroxylation is 1. The highest BCUT2D eigenvalue weighted by molar-refractivity contribution is 6.35. The predicted molar refractivity (Wildman–Crippen MR) is 92.3 cm³/mol. The lowest BCUT2D eigenvalue weighted by Gasteiger charge is -2.16. The summed E-state index contributed by atoms with van der Waals surface area (Å²) in [5, 5.41) is 4.33. The Morgan fingerprint density at radius 2 is 2.14 bits per heavy atom. The van der Waals surface area contributed by atoms with Gasteiger partial charge in [-0.25, -0.2) is 4.99 Å². The second kappa shape index (κ2) is 7.47. The van der Waals surface area contributed by atoms with Crippen molar-refractivity contribution in [3.05, 3.63) is 63.4 Å². The molecular formula is C16H18Cl2N4. The number of halogens is 2. The SMILES string of the molecule is Cc1ccncc1CN=C(N)NC(C)c1ccc(Cl)cc1Cl. The van der Waals surface area contributed by atoms with E-state index < -0.39 is 0 Å². The normalized spacial score (nSPS) is 13.0. The number of pyridine rings is 1. The highest BCUT2D eigenvalue weighted by Gasteiger charge is 2.10. The van der Waals surface area contributed by atoms with Gasteiger partial charge in [-0.2, -0.15) is 0 Å². The number of benzene rings is 1. The molecule has 4 nitrogen and oxygen atoms in total. The lowest BCUT2D eigenvalue weighted by molar-refractivity contribution is 0.708. The molecular weight excluding hydrogens is 319 g/mol. The minimum Gasteiger partial charge on any atom is -0.370 e. The molecule has 0 aliphatic heterocycles. The Morgan fingerprint density at radius 3 is 2.82 bits per heavy atom. The van der Waals surface area contributed by atoms with Crippen LogP contribution in [-0.4, -0.2) is 10.9 Å². The number of rotatable bonds is 4. The monoisotopic (exact) mass is 336 g/mol. The number of hydrogen-bond donors (Lipinski definition) is 2. The minimum atomic E-state index is -0.0662. The van der Waals surface area contributed by atoms with Crippen LogP contribution >= 0.6 is 23.2 Å². The maximum atomic E-state index is 6.19. The molecule has 0 fully saturated rings. The van der Waals surface area contributed by atoms with Crippen molar-refractivity contribution in [1.29, 1.82) is 0 Å². The van der Waals surface area contributed by atoms with Crippen molar-refractivity contribution in [3.63, 3.8) is 0 Å². The Kier molecular flexibility index (Phi) is 5.63. The predicted octanol–water partition coefficient (Wildman–Crippen LogP) is 3.86. The van der Waals surface area contributed by atoms with E-state index in [9.17, 15) is 0 Å². The van der Waals surface area contributed by atoms with Crippen molar-refractivity contribution < 1.29 is 0 Å². The summed E-state index contributed by atoms with van der Waals surface area (Å²) in [5.74, 6) is 0.363. The number of hydrogen-bond acceptors (Lipinski definition) is 2. The molecule has 1 atom stereocenters.